The monoisotopic (exact) mass is 441 g/mol. The Kier molecular flexibility index (Phi) is 6.77. The lowest BCUT2D eigenvalue weighted by atomic mass is 9.82. The second kappa shape index (κ2) is 8.91. The molecule has 1 fully saturated rings. The average molecular weight is 441 g/mol. The van der Waals surface area contributed by atoms with E-state index in [9.17, 15) is 9.90 Å². The van der Waals surface area contributed by atoms with E-state index in [1.165, 1.54) is 4.90 Å². The minimum Gasteiger partial charge on any atom is -0.465 e. The van der Waals surface area contributed by atoms with Gasteiger partial charge in [-0.1, -0.05) is 45.0 Å². The maximum absolute atomic E-state index is 11.5. The summed E-state index contributed by atoms with van der Waals surface area (Å²) in [5, 5.41) is 13.9. The molecule has 3 rings (SSSR count). The third-order valence-corrected chi connectivity index (χ3v) is 6.15. The number of aromatic nitrogens is 2. The summed E-state index contributed by atoms with van der Waals surface area (Å²) < 4.78 is 14.1. The summed E-state index contributed by atoms with van der Waals surface area (Å²) >= 11 is 0. The van der Waals surface area contributed by atoms with Crippen molar-refractivity contribution in [2.45, 2.75) is 72.6 Å². The van der Waals surface area contributed by atoms with Crippen LogP contribution < -0.4 is 5.46 Å². The molecule has 0 bridgehead atoms. The van der Waals surface area contributed by atoms with Crippen molar-refractivity contribution in [1.29, 1.82) is 0 Å². The van der Waals surface area contributed by atoms with Gasteiger partial charge < -0.3 is 19.3 Å². The SMILES string of the molecule is CC(C)(C)CN(CCc1ccc(Cn2cc(B3OC(C)(C)C(C)(C)O3)cn2)cc1)C(=O)O. The molecule has 1 N–H and O–H groups in total. The lowest BCUT2D eigenvalue weighted by Crippen LogP contribution is -2.41. The van der Waals surface area contributed by atoms with E-state index in [-0.39, 0.29) is 16.6 Å². The number of nitrogens with zero attached hydrogens (tertiary/aromatic N) is 3. The van der Waals surface area contributed by atoms with Crippen molar-refractivity contribution in [1.82, 2.24) is 14.7 Å². The van der Waals surface area contributed by atoms with Gasteiger partial charge >= 0.3 is 13.2 Å². The number of benzene rings is 1. The molecular formula is C24H36BN3O4. The highest BCUT2D eigenvalue weighted by Gasteiger charge is 2.52. The number of hydrogen-bond acceptors (Lipinski definition) is 4. The molecule has 0 unspecified atom stereocenters. The largest absolute Gasteiger partial charge is 0.498 e. The molecule has 1 aromatic heterocycles. The van der Waals surface area contributed by atoms with Gasteiger partial charge in [0.25, 0.3) is 0 Å². The van der Waals surface area contributed by atoms with Crippen molar-refractivity contribution in [3.63, 3.8) is 0 Å². The molecule has 1 aromatic carbocycles. The van der Waals surface area contributed by atoms with Gasteiger partial charge in [0, 0.05) is 30.9 Å². The van der Waals surface area contributed by atoms with Gasteiger partial charge in [0.05, 0.1) is 17.7 Å². The average Bonchev–Trinajstić information content (AvgIpc) is 3.20. The predicted octanol–water partition coefficient (Wildman–Crippen LogP) is 3.80. The van der Waals surface area contributed by atoms with Crippen LogP contribution in [0.5, 0.6) is 0 Å². The fourth-order valence-corrected chi connectivity index (χ4v) is 3.64. The van der Waals surface area contributed by atoms with E-state index in [4.69, 9.17) is 9.31 Å². The number of carbonyl (C=O) groups is 1. The molecule has 1 amide bonds. The Morgan fingerprint density at radius 1 is 1.09 bits per heavy atom. The van der Waals surface area contributed by atoms with Crippen molar-refractivity contribution >= 4 is 18.7 Å². The fourth-order valence-electron chi connectivity index (χ4n) is 3.64. The summed E-state index contributed by atoms with van der Waals surface area (Å²) in [4.78, 5) is 13.0. The van der Waals surface area contributed by atoms with Gasteiger partial charge in [0.15, 0.2) is 0 Å². The number of amides is 1. The Labute approximate surface area is 191 Å². The van der Waals surface area contributed by atoms with Gasteiger partial charge in [0.2, 0.25) is 0 Å². The van der Waals surface area contributed by atoms with Crippen molar-refractivity contribution in [3.05, 3.63) is 47.8 Å². The molecule has 2 heterocycles. The first kappa shape index (κ1) is 24.3. The van der Waals surface area contributed by atoms with Crippen molar-refractivity contribution in [3.8, 4) is 0 Å². The minimum absolute atomic E-state index is 0.0645. The van der Waals surface area contributed by atoms with E-state index >= 15 is 0 Å². The first-order valence-electron chi connectivity index (χ1n) is 11.2. The highest BCUT2D eigenvalue weighted by Crippen LogP contribution is 2.36. The Morgan fingerprint density at radius 3 is 2.19 bits per heavy atom. The summed E-state index contributed by atoms with van der Waals surface area (Å²) in [6.07, 6.45) is 3.59. The second-order valence-electron chi connectivity index (χ2n) is 10.9. The van der Waals surface area contributed by atoms with Crippen LogP contribution >= 0.6 is 0 Å². The molecule has 0 spiro atoms. The number of hydrogen-bond donors (Lipinski definition) is 1. The zero-order valence-corrected chi connectivity index (χ0v) is 20.4. The van der Waals surface area contributed by atoms with Crippen LogP contribution in [-0.4, -0.2) is 57.3 Å². The van der Waals surface area contributed by atoms with Gasteiger partial charge in [-0.2, -0.15) is 5.10 Å². The molecule has 2 aromatic rings. The van der Waals surface area contributed by atoms with Crippen LogP contribution in [0.25, 0.3) is 0 Å². The number of carboxylic acid groups (broad SMARTS) is 1. The third-order valence-electron chi connectivity index (χ3n) is 6.15. The Bertz CT molecular complexity index is 915. The highest BCUT2D eigenvalue weighted by atomic mass is 16.7. The van der Waals surface area contributed by atoms with Crippen LogP contribution in [0.3, 0.4) is 0 Å². The van der Waals surface area contributed by atoms with Gasteiger partial charge in [0.1, 0.15) is 0 Å². The molecule has 0 aliphatic carbocycles. The van der Waals surface area contributed by atoms with E-state index in [0.29, 0.717) is 26.1 Å². The standard InChI is InChI=1S/C24H36BN3O4/c1-22(2,3)17-27(21(29)30)13-12-18-8-10-19(11-9-18)15-28-16-20(14-26-28)25-31-23(4,5)24(6,7)32-25/h8-11,14,16H,12-13,15,17H2,1-7H3,(H,29,30). The highest BCUT2D eigenvalue weighted by molar-refractivity contribution is 6.62. The molecular weight excluding hydrogens is 405 g/mol. The third kappa shape index (κ3) is 5.92. The summed E-state index contributed by atoms with van der Waals surface area (Å²) in [7, 11) is -0.415. The van der Waals surface area contributed by atoms with Crippen LogP contribution in [0, 0.1) is 5.41 Å². The molecule has 8 heteroatoms. The summed E-state index contributed by atoms with van der Waals surface area (Å²) in [5.74, 6) is 0. The number of rotatable bonds is 7. The van der Waals surface area contributed by atoms with Crippen LogP contribution in [0.1, 0.15) is 59.6 Å². The fraction of sp³-hybridized carbons (Fsp3) is 0.583. The summed E-state index contributed by atoms with van der Waals surface area (Å²) in [5.41, 5.74) is 2.34. The predicted molar refractivity (Wildman–Crippen MR) is 126 cm³/mol. The van der Waals surface area contributed by atoms with Gasteiger partial charge in [-0.3, -0.25) is 4.68 Å². The first-order valence-corrected chi connectivity index (χ1v) is 11.2. The molecule has 32 heavy (non-hydrogen) atoms. The van der Waals surface area contributed by atoms with Crippen molar-refractivity contribution < 1.29 is 19.2 Å². The Balaban J connectivity index is 1.57. The zero-order chi connectivity index (χ0) is 23.7. The maximum atomic E-state index is 11.5. The van der Waals surface area contributed by atoms with Crippen LogP contribution in [-0.2, 0) is 22.3 Å². The molecule has 0 atom stereocenters. The smallest absolute Gasteiger partial charge is 0.465 e. The molecule has 0 radical (unpaired) electrons. The zero-order valence-electron chi connectivity index (χ0n) is 20.4. The van der Waals surface area contributed by atoms with E-state index < -0.39 is 13.2 Å². The molecule has 1 aliphatic heterocycles. The van der Waals surface area contributed by atoms with Gasteiger partial charge in [-0.15, -0.1) is 0 Å². The normalized spacial score (nSPS) is 17.5. The molecule has 174 valence electrons. The van der Waals surface area contributed by atoms with E-state index in [0.717, 1.165) is 16.6 Å². The van der Waals surface area contributed by atoms with Crippen LogP contribution in [0.15, 0.2) is 36.7 Å². The second-order valence-corrected chi connectivity index (χ2v) is 10.9. The van der Waals surface area contributed by atoms with Gasteiger partial charge in [-0.05, 0) is 50.7 Å². The minimum atomic E-state index is -0.868. The van der Waals surface area contributed by atoms with Crippen LogP contribution in [0.2, 0.25) is 0 Å². The van der Waals surface area contributed by atoms with Crippen molar-refractivity contribution in [2.24, 2.45) is 5.41 Å². The molecule has 1 saturated heterocycles. The summed E-state index contributed by atoms with van der Waals surface area (Å²) in [6.45, 7) is 15.9. The van der Waals surface area contributed by atoms with Gasteiger partial charge in [-0.25, -0.2) is 4.79 Å². The quantitative estimate of drug-likeness (QED) is 0.662. The van der Waals surface area contributed by atoms with E-state index in [1.54, 1.807) is 6.20 Å². The lowest BCUT2D eigenvalue weighted by Gasteiger charge is -2.32. The molecule has 1 aliphatic rings. The van der Waals surface area contributed by atoms with Crippen LogP contribution in [0.4, 0.5) is 4.79 Å². The van der Waals surface area contributed by atoms with E-state index in [2.05, 4.69) is 29.4 Å². The Hall–Kier alpha value is -2.32. The molecule has 0 saturated carbocycles. The molecule has 7 nitrogen and oxygen atoms in total. The maximum Gasteiger partial charge on any atom is 0.498 e. The topological polar surface area (TPSA) is 76.8 Å². The Morgan fingerprint density at radius 2 is 1.66 bits per heavy atom. The first-order chi connectivity index (χ1) is 14.8. The van der Waals surface area contributed by atoms with Crippen molar-refractivity contribution in [2.75, 3.05) is 13.1 Å². The lowest BCUT2D eigenvalue weighted by molar-refractivity contribution is 0.00578. The van der Waals surface area contributed by atoms with E-state index in [1.807, 2.05) is 59.3 Å². The summed E-state index contributed by atoms with van der Waals surface area (Å²) in [6, 6.07) is 8.26.